The van der Waals surface area contributed by atoms with Crippen molar-refractivity contribution in [2.75, 3.05) is 12.3 Å². The van der Waals surface area contributed by atoms with Crippen LogP contribution in [0.2, 0.25) is 10.0 Å². The predicted octanol–water partition coefficient (Wildman–Crippen LogP) is 4.28. The smallest absolute Gasteiger partial charge is 0.123 e. The maximum atomic E-state index is 12.6. The third-order valence-electron chi connectivity index (χ3n) is 2.82. The molecule has 1 atom stereocenters. The number of ether oxygens (including phenoxy) is 1. The molecule has 2 aromatic carbocycles. The summed E-state index contributed by atoms with van der Waals surface area (Å²) in [5, 5.41) is 0.783. The Morgan fingerprint density at radius 1 is 1.19 bits per heavy atom. The summed E-state index contributed by atoms with van der Waals surface area (Å²) >= 11 is 12.2. The van der Waals surface area contributed by atoms with E-state index >= 15 is 0 Å². The van der Waals surface area contributed by atoms with Gasteiger partial charge in [-0.15, -0.1) is 0 Å². The summed E-state index contributed by atoms with van der Waals surface area (Å²) in [5.74, 6) is 0.910. The highest BCUT2D eigenvalue weighted by Crippen LogP contribution is 2.31. The molecule has 3 nitrogen and oxygen atoms in total. The van der Waals surface area contributed by atoms with Crippen LogP contribution in [0.25, 0.3) is 0 Å². The van der Waals surface area contributed by atoms with Crippen LogP contribution >= 0.6 is 23.2 Å². The molecule has 0 radical (unpaired) electrons. The molecule has 0 heterocycles. The van der Waals surface area contributed by atoms with Crippen molar-refractivity contribution in [3.63, 3.8) is 0 Å². The molecule has 0 aromatic heterocycles. The minimum absolute atomic E-state index is 0.240. The van der Waals surface area contributed by atoms with Gasteiger partial charge in [0.1, 0.15) is 5.75 Å². The number of nitrogen functional groups attached to an aromatic ring is 1. The lowest BCUT2D eigenvalue weighted by Crippen LogP contribution is -2.03. The zero-order chi connectivity index (χ0) is 15.4. The first-order valence-corrected chi connectivity index (χ1v) is 8.44. The topological polar surface area (TPSA) is 52.3 Å². The molecule has 2 rings (SSSR count). The van der Waals surface area contributed by atoms with Crippen molar-refractivity contribution in [3.8, 4) is 5.75 Å². The van der Waals surface area contributed by atoms with Crippen LogP contribution in [0.5, 0.6) is 5.75 Å². The highest BCUT2D eigenvalue weighted by atomic mass is 35.5. The Morgan fingerprint density at radius 3 is 2.48 bits per heavy atom. The van der Waals surface area contributed by atoms with Crippen molar-refractivity contribution < 1.29 is 8.95 Å². The maximum Gasteiger partial charge on any atom is 0.123 e. The van der Waals surface area contributed by atoms with Crippen LogP contribution in [0.4, 0.5) is 5.69 Å². The van der Waals surface area contributed by atoms with Crippen LogP contribution in [-0.4, -0.2) is 10.8 Å². The Labute approximate surface area is 136 Å². The van der Waals surface area contributed by atoms with E-state index in [1.54, 1.807) is 36.4 Å². The van der Waals surface area contributed by atoms with Gasteiger partial charge in [0.25, 0.3) is 0 Å². The molecule has 6 heteroatoms. The van der Waals surface area contributed by atoms with E-state index in [2.05, 4.69) is 0 Å². The number of nitrogens with two attached hydrogens (primary N) is 1. The lowest BCUT2D eigenvalue weighted by Gasteiger charge is -2.12. The van der Waals surface area contributed by atoms with Gasteiger partial charge in [0, 0.05) is 11.3 Å². The molecule has 0 spiro atoms. The molecule has 0 bridgehead atoms. The molecule has 0 amide bonds. The van der Waals surface area contributed by atoms with Gasteiger partial charge in [-0.3, -0.25) is 4.21 Å². The summed E-state index contributed by atoms with van der Waals surface area (Å²) in [6.07, 6.45) is 0. The normalized spacial score (nSPS) is 12.1. The van der Waals surface area contributed by atoms with Crippen LogP contribution < -0.4 is 10.5 Å². The molecule has 0 aliphatic rings. The van der Waals surface area contributed by atoms with E-state index in [1.165, 1.54) is 0 Å². The first-order valence-electron chi connectivity index (χ1n) is 6.36. The van der Waals surface area contributed by atoms with E-state index in [0.717, 1.165) is 5.56 Å². The van der Waals surface area contributed by atoms with Gasteiger partial charge in [0.15, 0.2) is 0 Å². The monoisotopic (exact) mass is 343 g/mol. The van der Waals surface area contributed by atoms with Crippen molar-refractivity contribution in [3.05, 3.63) is 52.0 Å². The molecular weight excluding hydrogens is 329 g/mol. The van der Waals surface area contributed by atoms with Gasteiger partial charge in [-0.25, -0.2) is 0 Å². The molecule has 2 aromatic rings. The molecule has 112 valence electrons. The van der Waals surface area contributed by atoms with Gasteiger partial charge in [0.05, 0.1) is 38.1 Å². The summed E-state index contributed by atoms with van der Waals surface area (Å²) in [6, 6.07) is 10.3. The van der Waals surface area contributed by atoms with Crippen LogP contribution in [0, 0.1) is 0 Å². The predicted molar refractivity (Wildman–Crippen MR) is 88.6 cm³/mol. The van der Waals surface area contributed by atoms with Gasteiger partial charge in [-0.2, -0.15) is 0 Å². The summed E-state index contributed by atoms with van der Waals surface area (Å²) in [5.41, 5.74) is 7.15. The lowest BCUT2D eigenvalue weighted by atomic mass is 10.2. The number of rotatable bonds is 5. The standard InChI is InChI=1S/C15H15Cl2NO2S/c1-2-20-14-7-6-11(18)8-10(14)9-21(19)15-12(16)4-3-5-13(15)17/h3-8H,2,9,18H2,1H3. The fourth-order valence-corrected chi connectivity index (χ4v) is 4.06. The second kappa shape index (κ2) is 7.16. The van der Waals surface area contributed by atoms with Crippen molar-refractivity contribution in [1.82, 2.24) is 0 Å². The fraction of sp³-hybridized carbons (Fsp3) is 0.200. The first-order chi connectivity index (χ1) is 10.0. The van der Waals surface area contributed by atoms with Crippen molar-refractivity contribution in [1.29, 1.82) is 0 Å². The Kier molecular flexibility index (Phi) is 5.51. The van der Waals surface area contributed by atoms with Crippen LogP contribution in [0.3, 0.4) is 0 Å². The maximum absolute atomic E-state index is 12.6. The molecule has 0 aliphatic heterocycles. The Bertz CT molecular complexity index is 656. The summed E-state index contributed by atoms with van der Waals surface area (Å²) in [7, 11) is -1.38. The Balaban J connectivity index is 2.33. The Hall–Kier alpha value is -1.23. The molecule has 1 unspecified atom stereocenters. The second-order valence-electron chi connectivity index (χ2n) is 4.34. The van der Waals surface area contributed by atoms with Crippen molar-refractivity contribution >= 4 is 39.7 Å². The van der Waals surface area contributed by atoms with Crippen LogP contribution in [0.15, 0.2) is 41.3 Å². The molecule has 21 heavy (non-hydrogen) atoms. The highest BCUT2D eigenvalue weighted by Gasteiger charge is 2.16. The van der Waals surface area contributed by atoms with Gasteiger partial charge < -0.3 is 10.5 Å². The molecular formula is C15H15Cl2NO2S. The summed E-state index contributed by atoms with van der Waals surface area (Å²) in [4.78, 5) is 0.436. The van der Waals surface area contributed by atoms with Crippen molar-refractivity contribution in [2.45, 2.75) is 17.6 Å². The molecule has 0 fully saturated rings. The number of benzene rings is 2. The minimum atomic E-state index is -1.38. The van der Waals surface area contributed by atoms with E-state index < -0.39 is 10.8 Å². The average molecular weight is 344 g/mol. The van der Waals surface area contributed by atoms with Crippen LogP contribution in [-0.2, 0) is 16.6 Å². The molecule has 0 aliphatic carbocycles. The molecule has 0 saturated heterocycles. The first kappa shape index (κ1) is 16.1. The highest BCUT2D eigenvalue weighted by molar-refractivity contribution is 7.84. The van der Waals surface area contributed by atoms with Gasteiger partial charge in [0.2, 0.25) is 0 Å². The van der Waals surface area contributed by atoms with Crippen LogP contribution in [0.1, 0.15) is 12.5 Å². The van der Waals surface area contributed by atoms with Gasteiger partial charge in [-0.1, -0.05) is 29.3 Å². The fourth-order valence-electron chi connectivity index (χ4n) is 1.92. The summed E-state index contributed by atoms with van der Waals surface area (Å²) < 4.78 is 18.1. The van der Waals surface area contributed by atoms with E-state index in [4.69, 9.17) is 33.7 Å². The third-order valence-corrected chi connectivity index (χ3v) is 5.14. The SMILES string of the molecule is CCOc1ccc(N)cc1CS(=O)c1c(Cl)cccc1Cl. The number of anilines is 1. The third kappa shape index (κ3) is 3.90. The van der Waals surface area contributed by atoms with E-state index in [-0.39, 0.29) is 5.75 Å². The quantitative estimate of drug-likeness (QED) is 0.824. The van der Waals surface area contributed by atoms with Gasteiger partial charge >= 0.3 is 0 Å². The number of hydrogen-bond donors (Lipinski definition) is 1. The largest absolute Gasteiger partial charge is 0.494 e. The van der Waals surface area contributed by atoms with E-state index in [0.29, 0.717) is 33.0 Å². The zero-order valence-electron chi connectivity index (χ0n) is 11.4. The minimum Gasteiger partial charge on any atom is -0.494 e. The van der Waals surface area contributed by atoms with E-state index in [1.807, 2.05) is 6.92 Å². The molecule has 2 N–H and O–H groups in total. The zero-order valence-corrected chi connectivity index (χ0v) is 13.8. The van der Waals surface area contributed by atoms with E-state index in [9.17, 15) is 4.21 Å². The van der Waals surface area contributed by atoms with Gasteiger partial charge in [-0.05, 0) is 37.3 Å². The number of halogens is 2. The summed E-state index contributed by atoms with van der Waals surface area (Å²) in [6.45, 7) is 2.42. The van der Waals surface area contributed by atoms with Crippen molar-refractivity contribution in [2.24, 2.45) is 0 Å². The molecule has 0 saturated carbocycles. The Morgan fingerprint density at radius 2 is 1.86 bits per heavy atom. The lowest BCUT2D eigenvalue weighted by molar-refractivity contribution is 0.337. The second-order valence-corrected chi connectivity index (χ2v) is 6.54. The average Bonchev–Trinajstić information content (AvgIpc) is 2.42. The number of hydrogen-bond acceptors (Lipinski definition) is 3.